The first-order chi connectivity index (χ1) is 8.33. The van der Waals surface area contributed by atoms with E-state index in [0.717, 1.165) is 24.5 Å². The molecule has 1 aromatic carbocycles. The zero-order valence-corrected chi connectivity index (χ0v) is 12.2. The third-order valence-electron chi connectivity index (χ3n) is 2.34. The Labute approximate surface area is 113 Å². The summed E-state index contributed by atoms with van der Waals surface area (Å²) in [4.78, 5) is 2.65. The number of benzene rings is 1. The van der Waals surface area contributed by atoms with E-state index in [4.69, 9.17) is 10.5 Å². The van der Waals surface area contributed by atoms with Crippen molar-refractivity contribution >= 4 is 23.5 Å². The van der Waals surface area contributed by atoms with Crippen molar-refractivity contribution in [3.8, 4) is 0 Å². The standard InChI is InChI=1S/C13H21NOS2/c1-3-16-12-6-4-7-13(11(12)10-14)17-9-5-8-15-2/h4,6-7H,3,5,8-10,14H2,1-2H3. The monoisotopic (exact) mass is 271 g/mol. The Bertz CT molecular complexity index is 331. The van der Waals surface area contributed by atoms with Gasteiger partial charge in [0, 0.05) is 35.8 Å². The minimum atomic E-state index is 0.621. The van der Waals surface area contributed by atoms with Crippen LogP contribution in [0.1, 0.15) is 18.9 Å². The number of rotatable bonds is 8. The quantitative estimate of drug-likeness (QED) is 0.581. The van der Waals surface area contributed by atoms with E-state index >= 15 is 0 Å². The van der Waals surface area contributed by atoms with Gasteiger partial charge in [-0.25, -0.2) is 0 Å². The van der Waals surface area contributed by atoms with E-state index in [1.54, 1.807) is 7.11 Å². The molecule has 0 bridgehead atoms. The maximum atomic E-state index is 5.86. The molecule has 0 aliphatic carbocycles. The average Bonchev–Trinajstić information content (AvgIpc) is 2.35. The Morgan fingerprint density at radius 2 is 1.94 bits per heavy atom. The lowest BCUT2D eigenvalue weighted by molar-refractivity contribution is 0.200. The molecule has 17 heavy (non-hydrogen) atoms. The van der Waals surface area contributed by atoms with Gasteiger partial charge in [-0.3, -0.25) is 0 Å². The fourth-order valence-electron chi connectivity index (χ4n) is 1.56. The largest absolute Gasteiger partial charge is 0.385 e. The number of ether oxygens (including phenoxy) is 1. The Morgan fingerprint density at radius 1 is 1.24 bits per heavy atom. The van der Waals surface area contributed by atoms with Crippen LogP contribution in [-0.2, 0) is 11.3 Å². The number of nitrogens with two attached hydrogens (primary N) is 1. The van der Waals surface area contributed by atoms with Crippen molar-refractivity contribution in [1.82, 2.24) is 0 Å². The summed E-state index contributed by atoms with van der Waals surface area (Å²) in [7, 11) is 1.74. The molecule has 0 aromatic heterocycles. The van der Waals surface area contributed by atoms with Crippen LogP contribution in [0.4, 0.5) is 0 Å². The first kappa shape index (κ1) is 14.9. The third kappa shape index (κ3) is 4.92. The number of hydrogen-bond donors (Lipinski definition) is 1. The number of hydrogen-bond acceptors (Lipinski definition) is 4. The third-order valence-corrected chi connectivity index (χ3v) is 4.51. The highest BCUT2D eigenvalue weighted by molar-refractivity contribution is 8.00. The summed E-state index contributed by atoms with van der Waals surface area (Å²) < 4.78 is 5.06. The molecule has 0 saturated carbocycles. The van der Waals surface area contributed by atoms with E-state index in [2.05, 4.69) is 25.1 Å². The molecule has 0 amide bonds. The molecule has 0 radical (unpaired) electrons. The summed E-state index contributed by atoms with van der Waals surface area (Å²) in [5.74, 6) is 2.17. The molecule has 2 nitrogen and oxygen atoms in total. The molecule has 0 spiro atoms. The topological polar surface area (TPSA) is 35.2 Å². The minimum absolute atomic E-state index is 0.621. The summed E-state index contributed by atoms with van der Waals surface area (Å²) >= 11 is 3.74. The fourth-order valence-corrected chi connectivity index (χ4v) is 3.50. The maximum absolute atomic E-state index is 5.86. The maximum Gasteiger partial charge on any atom is 0.0470 e. The predicted molar refractivity (Wildman–Crippen MR) is 77.9 cm³/mol. The summed E-state index contributed by atoms with van der Waals surface area (Å²) in [6.07, 6.45) is 1.08. The lowest BCUT2D eigenvalue weighted by Gasteiger charge is -2.12. The van der Waals surface area contributed by atoms with E-state index in [1.807, 2.05) is 23.5 Å². The predicted octanol–water partition coefficient (Wildman–Crippen LogP) is 3.39. The van der Waals surface area contributed by atoms with Crippen LogP contribution < -0.4 is 5.73 Å². The molecule has 0 aliphatic rings. The second-order valence-electron chi connectivity index (χ2n) is 3.56. The van der Waals surface area contributed by atoms with Gasteiger partial charge in [0.2, 0.25) is 0 Å². The van der Waals surface area contributed by atoms with Gasteiger partial charge in [-0.1, -0.05) is 13.0 Å². The highest BCUT2D eigenvalue weighted by atomic mass is 32.2. The van der Waals surface area contributed by atoms with Crippen LogP contribution in [0.25, 0.3) is 0 Å². The molecule has 0 heterocycles. The molecule has 96 valence electrons. The van der Waals surface area contributed by atoms with Crippen molar-refractivity contribution < 1.29 is 4.74 Å². The Hall–Kier alpha value is -0.160. The van der Waals surface area contributed by atoms with E-state index in [9.17, 15) is 0 Å². The van der Waals surface area contributed by atoms with Gasteiger partial charge in [-0.15, -0.1) is 23.5 Å². The lowest BCUT2D eigenvalue weighted by atomic mass is 10.2. The van der Waals surface area contributed by atoms with E-state index < -0.39 is 0 Å². The SMILES string of the molecule is CCSc1cccc(SCCCOC)c1CN. The molecule has 0 atom stereocenters. The smallest absolute Gasteiger partial charge is 0.0470 e. The summed E-state index contributed by atoms with van der Waals surface area (Å²) in [5, 5.41) is 0. The molecule has 0 unspecified atom stereocenters. The summed E-state index contributed by atoms with van der Waals surface area (Å²) in [6, 6.07) is 6.45. The molecule has 0 fully saturated rings. The van der Waals surface area contributed by atoms with Gasteiger partial charge >= 0.3 is 0 Å². The average molecular weight is 271 g/mol. The molecule has 4 heteroatoms. The van der Waals surface area contributed by atoms with Gasteiger partial charge in [0.25, 0.3) is 0 Å². The number of methoxy groups -OCH3 is 1. The molecule has 0 aliphatic heterocycles. The van der Waals surface area contributed by atoms with E-state index in [1.165, 1.54) is 15.4 Å². The van der Waals surface area contributed by atoms with Gasteiger partial charge in [-0.05, 0) is 29.9 Å². The Morgan fingerprint density at radius 3 is 2.53 bits per heavy atom. The van der Waals surface area contributed by atoms with Crippen molar-refractivity contribution in [2.75, 3.05) is 25.2 Å². The van der Waals surface area contributed by atoms with Gasteiger partial charge in [-0.2, -0.15) is 0 Å². The molecular weight excluding hydrogens is 250 g/mol. The van der Waals surface area contributed by atoms with Crippen LogP contribution in [0.5, 0.6) is 0 Å². The fraction of sp³-hybridized carbons (Fsp3) is 0.538. The van der Waals surface area contributed by atoms with Crippen molar-refractivity contribution in [2.24, 2.45) is 5.73 Å². The molecule has 2 N–H and O–H groups in total. The van der Waals surface area contributed by atoms with E-state index in [-0.39, 0.29) is 0 Å². The molecular formula is C13H21NOS2. The van der Waals surface area contributed by atoms with Crippen molar-refractivity contribution in [3.05, 3.63) is 23.8 Å². The van der Waals surface area contributed by atoms with Crippen molar-refractivity contribution in [2.45, 2.75) is 29.7 Å². The second-order valence-corrected chi connectivity index (χ2v) is 6.01. The first-order valence-corrected chi connectivity index (χ1v) is 7.87. The number of thioether (sulfide) groups is 2. The van der Waals surface area contributed by atoms with Crippen LogP contribution in [0.15, 0.2) is 28.0 Å². The van der Waals surface area contributed by atoms with Crippen LogP contribution in [0, 0.1) is 0 Å². The van der Waals surface area contributed by atoms with Gasteiger partial charge in [0.05, 0.1) is 0 Å². The van der Waals surface area contributed by atoms with Gasteiger partial charge in [0.1, 0.15) is 0 Å². The first-order valence-electron chi connectivity index (χ1n) is 5.90. The Kier molecular flexibility index (Phi) is 7.77. The normalized spacial score (nSPS) is 10.8. The van der Waals surface area contributed by atoms with Crippen LogP contribution in [0.2, 0.25) is 0 Å². The Balaban J connectivity index is 2.66. The summed E-state index contributed by atoms with van der Waals surface area (Å²) in [6.45, 7) is 3.62. The summed E-state index contributed by atoms with van der Waals surface area (Å²) in [5.41, 5.74) is 7.15. The minimum Gasteiger partial charge on any atom is -0.385 e. The highest BCUT2D eigenvalue weighted by Crippen LogP contribution is 2.31. The molecule has 1 rings (SSSR count). The highest BCUT2D eigenvalue weighted by Gasteiger charge is 2.07. The van der Waals surface area contributed by atoms with Crippen molar-refractivity contribution in [1.29, 1.82) is 0 Å². The van der Waals surface area contributed by atoms with Crippen LogP contribution in [-0.4, -0.2) is 25.2 Å². The van der Waals surface area contributed by atoms with Crippen LogP contribution in [0.3, 0.4) is 0 Å². The van der Waals surface area contributed by atoms with Gasteiger partial charge in [0.15, 0.2) is 0 Å². The van der Waals surface area contributed by atoms with Gasteiger partial charge < -0.3 is 10.5 Å². The van der Waals surface area contributed by atoms with Crippen LogP contribution >= 0.6 is 23.5 Å². The zero-order chi connectivity index (χ0) is 12.5. The van der Waals surface area contributed by atoms with Crippen molar-refractivity contribution in [3.63, 3.8) is 0 Å². The molecule has 1 aromatic rings. The lowest BCUT2D eigenvalue weighted by Crippen LogP contribution is -2.01. The molecule has 0 saturated heterocycles. The van der Waals surface area contributed by atoms with E-state index in [0.29, 0.717) is 6.54 Å². The zero-order valence-electron chi connectivity index (χ0n) is 10.6. The second kappa shape index (κ2) is 8.86.